The lowest BCUT2D eigenvalue weighted by molar-refractivity contribution is 0.660. The van der Waals surface area contributed by atoms with Gasteiger partial charge in [-0.05, 0) is 101 Å². The van der Waals surface area contributed by atoms with E-state index in [1.807, 2.05) is 0 Å². The largest absolute Gasteiger partial charge is 0.455 e. The Labute approximate surface area is 359 Å². The Hall–Kier alpha value is -5.92. The van der Waals surface area contributed by atoms with Crippen molar-refractivity contribution in [1.29, 1.82) is 0 Å². The molecule has 0 bridgehead atoms. The molecule has 1 aliphatic carbocycles. The van der Waals surface area contributed by atoms with Crippen molar-refractivity contribution in [3.63, 3.8) is 0 Å². The number of benzene rings is 9. The molecule has 10 aromatic rings. The molecule has 0 N–H and O–H groups in total. The maximum absolute atomic E-state index is 6.49. The molecule has 0 amide bonds. The normalized spacial score (nSPS) is 13.2. The van der Waals surface area contributed by atoms with E-state index < -0.39 is 0 Å². The Morgan fingerprint density at radius 1 is 0.383 bits per heavy atom. The average Bonchev–Trinajstić information content (AvgIpc) is 3.77. The Morgan fingerprint density at radius 2 is 0.917 bits per heavy atom. The molecule has 9 aromatic carbocycles. The highest BCUT2D eigenvalue weighted by molar-refractivity contribution is 6.71. The van der Waals surface area contributed by atoms with Crippen LogP contribution in [0.1, 0.15) is 25.0 Å². The van der Waals surface area contributed by atoms with Gasteiger partial charge in [0.05, 0.1) is 0 Å². The van der Waals surface area contributed by atoms with E-state index in [4.69, 9.17) is 4.42 Å². The standard InChI is InChI=1S/C51H42B8O/c1-51(2)32-12-6-5-10-29(32)36-30(11-7-13-33(36)51)37-40-38(42(52)46(56)48(58)44(40)54)35(39-41(37)45(55)49(59)47(57)43(39)53)25-16-14-23(15-17-25)26-19-21-34-31(22-26)28-20-18-24-8-3-4-9-27(24)50(28)60-34/h3-22H,52-59H2,1-2H3. The fourth-order valence-corrected chi connectivity index (χ4v) is 11.2. The van der Waals surface area contributed by atoms with E-state index in [1.54, 1.807) is 0 Å². The fourth-order valence-electron chi connectivity index (χ4n) is 11.2. The predicted molar refractivity (Wildman–Crippen MR) is 286 cm³/mol. The van der Waals surface area contributed by atoms with Gasteiger partial charge in [0.15, 0.2) is 0 Å². The van der Waals surface area contributed by atoms with Gasteiger partial charge in [0.1, 0.15) is 73.9 Å². The van der Waals surface area contributed by atoms with Gasteiger partial charge in [-0.3, -0.25) is 0 Å². The van der Waals surface area contributed by atoms with Crippen molar-refractivity contribution in [2.75, 3.05) is 0 Å². The molecule has 0 saturated carbocycles. The van der Waals surface area contributed by atoms with Crippen LogP contribution in [0.2, 0.25) is 0 Å². The van der Waals surface area contributed by atoms with Gasteiger partial charge < -0.3 is 4.42 Å². The molecule has 1 nitrogen and oxygen atoms in total. The molecule has 0 atom stereocenters. The van der Waals surface area contributed by atoms with E-state index in [9.17, 15) is 0 Å². The summed E-state index contributed by atoms with van der Waals surface area (Å²) in [6.45, 7) is 4.79. The molecule has 0 spiro atoms. The molecule has 1 heterocycles. The van der Waals surface area contributed by atoms with Gasteiger partial charge in [-0.15, -0.1) is 21.9 Å². The molecule has 1 aromatic heterocycles. The molecule has 60 heavy (non-hydrogen) atoms. The SMILES string of the molecule is Bc1c(B)c(B)c2c(-c3cccc4c3-c3ccccc3C4(C)C)c3c(B)c(B)c(B)c(B)c3c(-c3ccc(-c4ccc5oc6c7ccccc7ccc6c5c4)cc3)c2c1B. The monoisotopic (exact) mass is 758 g/mol. The van der Waals surface area contributed by atoms with Crippen molar-refractivity contribution in [2.45, 2.75) is 19.3 Å². The van der Waals surface area contributed by atoms with Gasteiger partial charge in [0.25, 0.3) is 0 Å². The highest BCUT2D eigenvalue weighted by Gasteiger charge is 2.37. The molecular weight excluding hydrogens is 715 g/mol. The van der Waals surface area contributed by atoms with Crippen LogP contribution in [0.5, 0.6) is 0 Å². The lowest BCUT2D eigenvalue weighted by atomic mass is 9.59. The average molecular weight is 757 g/mol. The highest BCUT2D eigenvalue weighted by atomic mass is 16.3. The van der Waals surface area contributed by atoms with Gasteiger partial charge in [0.2, 0.25) is 0 Å². The number of fused-ring (bicyclic) bond motifs is 10. The first-order valence-corrected chi connectivity index (χ1v) is 21.5. The summed E-state index contributed by atoms with van der Waals surface area (Å²) in [5.41, 5.74) is 26.0. The van der Waals surface area contributed by atoms with Crippen molar-refractivity contribution in [1.82, 2.24) is 0 Å². The fraction of sp³-hybridized carbons (Fsp3) is 0.0588. The van der Waals surface area contributed by atoms with Crippen LogP contribution < -0.4 is 43.7 Å². The van der Waals surface area contributed by atoms with Crippen LogP contribution in [-0.4, -0.2) is 62.8 Å². The predicted octanol–water partition coefficient (Wildman–Crippen LogP) is 0.420. The van der Waals surface area contributed by atoms with Crippen LogP contribution in [0.4, 0.5) is 0 Å². The van der Waals surface area contributed by atoms with Gasteiger partial charge in [-0.25, -0.2) is 0 Å². The molecule has 0 fully saturated rings. The Morgan fingerprint density at radius 3 is 1.58 bits per heavy atom. The minimum Gasteiger partial charge on any atom is -0.455 e. The van der Waals surface area contributed by atoms with Crippen LogP contribution >= 0.6 is 0 Å². The van der Waals surface area contributed by atoms with Crippen molar-refractivity contribution in [3.8, 4) is 44.5 Å². The minimum absolute atomic E-state index is 0.0895. The first-order valence-electron chi connectivity index (χ1n) is 21.5. The maximum atomic E-state index is 6.49. The van der Waals surface area contributed by atoms with Crippen molar-refractivity contribution < 1.29 is 4.42 Å². The summed E-state index contributed by atoms with van der Waals surface area (Å²) in [6.07, 6.45) is 0. The zero-order valence-electron chi connectivity index (χ0n) is 36.5. The van der Waals surface area contributed by atoms with Gasteiger partial charge in [-0.1, -0.05) is 139 Å². The van der Waals surface area contributed by atoms with Gasteiger partial charge >= 0.3 is 0 Å². The number of furan rings is 1. The van der Waals surface area contributed by atoms with E-state index in [0.717, 1.165) is 27.3 Å². The second-order valence-electron chi connectivity index (χ2n) is 18.2. The van der Waals surface area contributed by atoms with E-state index in [-0.39, 0.29) is 5.41 Å². The second kappa shape index (κ2) is 13.0. The molecule has 0 unspecified atom stereocenters. The Kier molecular flexibility index (Phi) is 8.06. The third kappa shape index (κ3) is 4.93. The summed E-state index contributed by atoms with van der Waals surface area (Å²) in [5, 5.41) is 10.2. The summed E-state index contributed by atoms with van der Waals surface area (Å²) in [6, 6.07) is 45.2. The van der Waals surface area contributed by atoms with Crippen molar-refractivity contribution >= 4 is 161 Å². The van der Waals surface area contributed by atoms with Crippen LogP contribution in [0, 0.1) is 0 Å². The minimum atomic E-state index is -0.0895. The summed E-state index contributed by atoms with van der Waals surface area (Å²) in [5.74, 6) is 0. The quantitative estimate of drug-likeness (QED) is 0.189. The van der Waals surface area contributed by atoms with Gasteiger partial charge in [0, 0.05) is 21.6 Å². The van der Waals surface area contributed by atoms with E-state index >= 15 is 0 Å². The summed E-state index contributed by atoms with van der Waals surface area (Å²) < 4.78 is 6.49. The zero-order chi connectivity index (χ0) is 41.5. The number of hydrogen-bond acceptors (Lipinski definition) is 1. The second-order valence-corrected chi connectivity index (χ2v) is 18.2. The maximum Gasteiger partial charge on any atom is 0.143 e. The number of rotatable bonds is 3. The Bertz CT molecular complexity index is 3470. The van der Waals surface area contributed by atoms with E-state index in [0.29, 0.717) is 0 Å². The van der Waals surface area contributed by atoms with Crippen molar-refractivity contribution in [2.24, 2.45) is 0 Å². The van der Waals surface area contributed by atoms with Crippen LogP contribution in [-0.2, 0) is 5.41 Å². The van der Waals surface area contributed by atoms with E-state index in [1.165, 1.54) is 126 Å². The molecule has 0 saturated heterocycles. The lowest BCUT2D eigenvalue weighted by Gasteiger charge is -2.29. The molecule has 276 valence electrons. The summed E-state index contributed by atoms with van der Waals surface area (Å²) in [7, 11) is 18.8. The van der Waals surface area contributed by atoms with Crippen LogP contribution in [0.15, 0.2) is 126 Å². The molecule has 1 aliphatic rings. The highest BCUT2D eigenvalue weighted by Crippen LogP contribution is 2.54. The topological polar surface area (TPSA) is 13.1 Å². The molecule has 11 rings (SSSR count). The van der Waals surface area contributed by atoms with E-state index in [2.05, 4.69) is 198 Å². The molecule has 9 heteroatoms. The molecule has 0 aliphatic heterocycles. The lowest BCUT2D eigenvalue weighted by Crippen LogP contribution is -2.50. The van der Waals surface area contributed by atoms with Crippen LogP contribution in [0.3, 0.4) is 0 Å². The van der Waals surface area contributed by atoms with Crippen LogP contribution in [0.25, 0.3) is 98.8 Å². The Balaban J connectivity index is 1.21. The summed E-state index contributed by atoms with van der Waals surface area (Å²) >= 11 is 0. The first kappa shape index (κ1) is 37.1. The van der Waals surface area contributed by atoms with Crippen molar-refractivity contribution in [3.05, 3.63) is 132 Å². The molecule has 0 radical (unpaired) electrons. The molecular formula is C51H42B8O. The first-order chi connectivity index (χ1) is 28.9. The zero-order valence-corrected chi connectivity index (χ0v) is 36.5. The van der Waals surface area contributed by atoms with Gasteiger partial charge in [-0.2, -0.15) is 0 Å². The third-order valence-electron chi connectivity index (χ3n) is 15.1. The smallest absolute Gasteiger partial charge is 0.143 e. The summed E-state index contributed by atoms with van der Waals surface area (Å²) in [4.78, 5) is 0. The third-order valence-corrected chi connectivity index (χ3v) is 15.1. The number of hydrogen-bond donors (Lipinski definition) is 0.